The summed E-state index contributed by atoms with van der Waals surface area (Å²) in [6.07, 6.45) is 0. The number of hydrogen-bond acceptors (Lipinski definition) is 4. The van der Waals surface area contributed by atoms with Gasteiger partial charge in [0.2, 0.25) is 0 Å². The van der Waals surface area contributed by atoms with Gasteiger partial charge in [0, 0.05) is 6.54 Å². The number of hydrogen-bond donors (Lipinski definition) is 4. The zero-order valence-electron chi connectivity index (χ0n) is 5.37. The Balaban J connectivity index is 0. The molecule has 0 aromatic carbocycles. The fraction of sp³-hybridized carbons (Fsp3) is 1.00. The molecule has 0 aliphatic carbocycles. The van der Waals surface area contributed by atoms with Gasteiger partial charge in [-0.05, 0) is 0 Å². The van der Waals surface area contributed by atoms with Crippen molar-refractivity contribution in [2.75, 3.05) is 12.3 Å². The van der Waals surface area contributed by atoms with Crippen LogP contribution in [0, 0.1) is 0 Å². The van der Waals surface area contributed by atoms with E-state index in [0.717, 1.165) is 0 Å². The summed E-state index contributed by atoms with van der Waals surface area (Å²) in [5.74, 6) is 0.181. The van der Waals surface area contributed by atoms with Crippen LogP contribution in [0.3, 0.4) is 0 Å². The van der Waals surface area contributed by atoms with Crippen LogP contribution in [0.2, 0.25) is 0 Å². The van der Waals surface area contributed by atoms with Crippen molar-refractivity contribution < 1.29 is 26.3 Å². The molecule has 1 atom stereocenters. The molecule has 7 nitrogen and oxygen atoms in total. The second-order valence-electron chi connectivity index (χ2n) is 1.26. The van der Waals surface area contributed by atoms with E-state index in [2.05, 4.69) is 0 Å². The molecule has 0 radical (unpaired) electrons. The van der Waals surface area contributed by atoms with Gasteiger partial charge in [0.05, 0.1) is 5.75 Å². The van der Waals surface area contributed by atoms with Crippen molar-refractivity contribution in [3.05, 3.63) is 0 Å². The Labute approximate surface area is 66.5 Å². The molecule has 0 heterocycles. The van der Waals surface area contributed by atoms with Crippen molar-refractivity contribution in [3.8, 4) is 0 Å². The molecule has 70 valence electrons. The maximum Gasteiger partial charge on any atom is 0.394 e. The first-order chi connectivity index (χ1) is 4.77. The first kappa shape index (κ1) is 13.5. The lowest BCUT2D eigenvalue weighted by molar-refractivity contribution is 0.381. The minimum Gasteiger partial charge on any atom is -0.329 e. The molecule has 0 bridgehead atoms. The summed E-state index contributed by atoms with van der Waals surface area (Å²) in [4.78, 5) is 0. The van der Waals surface area contributed by atoms with Crippen molar-refractivity contribution in [1.82, 2.24) is 0 Å². The van der Waals surface area contributed by atoms with E-state index in [0.29, 0.717) is 0 Å². The normalized spacial score (nSPS) is 13.1. The van der Waals surface area contributed by atoms with Crippen molar-refractivity contribution >= 4 is 21.5 Å². The van der Waals surface area contributed by atoms with Gasteiger partial charge in [-0.1, -0.05) is 0 Å². The topological polar surface area (TPSA) is 138 Å². The Morgan fingerprint density at radius 1 is 1.36 bits per heavy atom. The molecule has 9 heteroatoms. The van der Waals surface area contributed by atoms with Gasteiger partial charge in [0.25, 0.3) is 0 Å². The third kappa shape index (κ3) is 72.5. The molecule has 1 unspecified atom stereocenters. The average molecular weight is 207 g/mol. The third-order valence-electron chi connectivity index (χ3n) is 0.292. The SMILES string of the molecule is NCCS(=O)O.O=S(=O)(O)O. The Hall–Kier alpha value is -0.0600. The summed E-state index contributed by atoms with van der Waals surface area (Å²) < 4.78 is 49.2. The molecule has 0 aliphatic heterocycles. The summed E-state index contributed by atoms with van der Waals surface area (Å²) in [7, 11) is -4.67. The van der Waals surface area contributed by atoms with Crippen LogP contribution in [0.4, 0.5) is 0 Å². The second kappa shape index (κ2) is 6.64. The van der Waals surface area contributed by atoms with Gasteiger partial charge < -0.3 is 10.3 Å². The zero-order valence-corrected chi connectivity index (χ0v) is 7.01. The van der Waals surface area contributed by atoms with E-state index in [-0.39, 0.29) is 12.3 Å². The van der Waals surface area contributed by atoms with Crippen LogP contribution < -0.4 is 5.73 Å². The minimum absolute atomic E-state index is 0.181. The maximum absolute atomic E-state index is 9.63. The monoisotopic (exact) mass is 207 g/mol. The Bertz CT molecular complexity index is 189. The van der Waals surface area contributed by atoms with E-state index in [1.54, 1.807) is 0 Å². The first-order valence-corrected chi connectivity index (χ1v) is 4.92. The van der Waals surface area contributed by atoms with E-state index in [1.807, 2.05) is 0 Å². The summed E-state index contributed by atoms with van der Waals surface area (Å²) >= 11 is -1.69. The second-order valence-corrected chi connectivity index (χ2v) is 3.21. The van der Waals surface area contributed by atoms with E-state index in [4.69, 9.17) is 27.8 Å². The van der Waals surface area contributed by atoms with E-state index in [1.165, 1.54) is 0 Å². The standard InChI is InChI=1S/C2H7NO2S.H2O4S/c3-1-2-6(4)5;1-5(2,3)4/h1-3H2,(H,4,5);(H2,1,2,3,4). The van der Waals surface area contributed by atoms with E-state index < -0.39 is 21.5 Å². The Kier molecular flexibility index (Phi) is 8.16. The van der Waals surface area contributed by atoms with Crippen LogP contribution in [0.25, 0.3) is 0 Å². The molecule has 5 N–H and O–H groups in total. The fourth-order valence-electron chi connectivity index (χ4n) is 0.101. The number of rotatable bonds is 2. The number of nitrogens with two attached hydrogens (primary N) is 1. The van der Waals surface area contributed by atoms with Crippen LogP contribution in [0.5, 0.6) is 0 Å². The van der Waals surface area contributed by atoms with E-state index in [9.17, 15) is 4.21 Å². The quantitative estimate of drug-likeness (QED) is 0.319. The first-order valence-electron chi connectivity index (χ1n) is 2.24. The molecule has 0 saturated carbocycles. The largest absolute Gasteiger partial charge is 0.394 e. The fourth-order valence-corrected chi connectivity index (χ4v) is 0.302. The molecule has 0 fully saturated rings. The third-order valence-corrected chi connectivity index (χ3v) is 0.877. The predicted molar refractivity (Wildman–Crippen MR) is 38.9 cm³/mol. The van der Waals surface area contributed by atoms with Crippen LogP contribution in [0.15, 0.2) is 0 Å². The maximum atomic E-state index is 9.63. The summed E-state index contributed by atoms with van der Waals surface area (Å²) in [6.45, 7) is 0.281. The molecule has 0 spiro atoms. The minimum atomic E-state index is -4.67. The molecule has 0 aromatic rings. The lowest BCUT2D eigenvalue weighted by Crippen LogP contribution is -2.08. The van der Waals surface area contributed by atoms with Gasteiger partial charge in [-0.2, -0.15) is 8.42 Å². The van der Waals surface area contributed by atoms with Gasteiger partial charge in [-0.15, -0.1) is 0 Å². The van der Waals surface area contributed by atoms with Crippen molar-refractivity contribution in [2.24, 2.45) is 5.73 Å². The molecule has 0 rings (SSSR count). The molecule has 0 aromatic heterocycles. The molecule has 0 saturated heterocycles. The molecule has 0 amide bonds. The summed E-state index contributed by atoms with van der Waals surface area (Å²) in [6, 6.07) is 0. The lowest BCUT2D eigenvalue weighted by atomic mass is 10.8. The lowest BCUT2D eigenvalue weighted by Gasteiger charge is -1.82. The average Bonchev–Trinajstić information content (AvgIpc) is 1.58. The van der Waals surface area contributed by atoms with Crippen LogP contribution in [-0.2, 0) is 21.5 Å². The zero-order chi connectivity index (χ0) is 9.49. The summed E-state index contributed by atoms with van der Waals surface area (Å²) in [5, 5.41) is 0. The molecule has 0 aliphatic rings. The molecule has 11 heavy (non-hydrogen) atoms. The smallest absolute Gasteiger partial charge is 0.329 e. The Morgan fingerprint density at radius 3 is 1.64 bits per heavy atom. The Morgan fingerprint density at radius 2 is 1.64 bits per heavy atom. The van der Waals surface area contributed by atoms with E-state index >= 15 is 0 Å². The van der Waals surface area contributed by atoms with Crippen LogP contribution in [0.1, 0.15) is 0 Å². The van der Waals surface area contributed by atoms with Gasteiger partial charge in [-0.3, -0.25) is 9.11 Å². The highest BCUT2D eigenvalue weighted by Crippen LogP contribution is 1.64. The highest BCUT2D eigenvalue weighted by molar-refractivity contribution is 7.80. The highest BCUT2D eigenvalue weighted by Gasteiger charge is 1.84. The predicted octanol–water partition coefficient (Wildman–Crippen LogP) is -1.49. The highest BCUT2D eigenvalue weighted by atomic mass is 32.3. The van der Waals surface area contributed by atoms with Crippen molar-refractivity contribution in [1.29, 1.82) is 0 Å². The molecular weight excluding hydrogens is 198 g/mol. The van der Waals surface area contributed by atoms with Crippen molar-refractivity contribution in [2.45, 2.75) is 0 Å². The van der Waals surface area contributed by atoms with Crippen LogP contribution >= 0.6 is 0 Å². The van der Waals surface area contributed by atoms with Gasteiger partial charge in [0.15, 0.2) is 11.1 Å². The van der Waals surface area contributed by atoms with Crippen LogP contribution in [-0.4, -0.2) is 38.6 Å². The van der Waals surface area contributed by atoms with Gasteiger partial charge in [-0.25, -0.2) is 4.21 Å². The van der Waals surface area contributed by atoms with Gasteiger partial charge >= 0.3 is 10.4 Å². The van der Waals surface area contributed by atoms with Gasteiger partial charge in [0.1, 0.15) is 0 Å². The van der Waals surface area contributed by atoms with Crippen molar-refractivity contribution in [3.63, 3.8) is 0 Å². The molecular formula is C2H9NO6S2. The summed E-state index contributed by atoms with van der Waals surface area (Å²) in [5.41, 5.74) is 4.88.